The molecule has 0 aromatic heterocycles. The highest BCUT2D eigenvalue weighted by molar-refractivity contribution is 5.99. The Bertz CT molecular complexity index is 951. The summed E-state index contributed by atoms with van der Waals surface area (Å²) in [6.45, 7) is 10.5. The molecule has 0 bridgehead atoms. The molecule has 0 unspecified atom stereocenters. The van der Waals surface area contributed by atoms with Crippen LogP contribution in [0.4, 0.5) is 0 Å². The minimum Gasteiger partial charge on any atom is -0.465 e. The average molecular weight is 527 g/mol. The second-order valence-electron chi connectivity index (χ2n) is 8.84. The molecule has 0 aliphatic carbocycles. The second kappa shape index (κ2) is 14.9. The van der Waals surface area contributed by atoms with E-state index >= 15 is 0 Å². The van der Waals surface area contributed by atoms with Crippen LogP contribution >= 0.6 is 0 Å². The van der Waals surface area contributed by atoms with Crippen molar-refractivity contribution in [3.05, 3.63) is 70.8 Å². The first-order valence-electron chi connectivity index (χ1n) is 13.0. The third kappa shape index (κ3) is 7.66. The summed E-state index contributed by atoms with van der Waals surface area (Å²) in [5.74, 6) is -8.18. The van der Waals surface area contributed by atoms with E-state index in [2.05, 4.69) is 0 Å². The van der Waals surface area contributed by atoms with Crippen molar-refractivity contribution in [2.75, 3.05) is 26.4 Å². The van der Waals surface area contributed by atoms with E-state index in [9.17, 15) is 19.2 Å². The minimum atomic E-state index is -1.46. The Morgan fingerprint density at radius 3 is 0.947 bits per heavy atom. The first kappa shape index (κ1) is 30.5. The molecule has 2 aromatic rings. The zero-order valence-corrected chi connectivity index (χ0v) is 23.0. The van der Waals surface area contributed by atoms with Crippen LogP contribution in [0, 0.1) is 25.7 Å². The Labute approximate surface area is 224 Å². The molecule has 0 N–H and O–H groups in total. The van der Waals surface area contributed by atoms with Crippen molar-refractivity contribution >= 4 is 23.9 Å². The van der Waals surface area contributed by atoms with E-state index in [1.165, 1.54) is 0 Å². The smallest absolute Gasteiger partial charge is 0.320 e. The molecule has 0 heterocycles. The highest BCUT2D eigenvalue weighted by Gasteiger charge is 2.50. The van der Waals surface area contributed by atoms with Crippen molar-refractivity contribution in [1.29, 1.82) is 0 Å². The Balaban J connectivity index is 2.95. The highest BCUT2D eigenvalue weighted by atomic mass is 16.6. The van der Waals surface area contributed by atoms with E-state index in [0.717, 1.165) is 11.1 Å². The van der Waals surface area contributed by atoms with Crippen molar-refractivity contribution in [2.45, 2.75) is 53.4 Å². The molecule has 0 aliphatic heterocycles. The summed E-state index contributed by atoms with van der Waals surface area (Å²) >= 11 is 0. The second-order valence-corrected chi connectivity index (χ2v) is 8.84. The van der Waals surface area contributed by atoms with Gasteiger partial charge in [0.25, 0.3) is 0 Å². The predicted molar refractivity (Wildman–Crippen MR) is 141 cm³/mol. The summed E-state index contributed by atoms with van der Waals surface area (Å²) < 4.78 is 21.3. The molecule has 2 aromatic carbocycles. The summed E-state index contributed by atoms with van der Waals surface area (Å²) in [5, 5.41) is 0. The Morgan fingerprint density at radius 2 is 0.737 bits per heavy atom. The first-order chi connectivity index (χ1) is 18.2. The maximum Gasteiger partial charge on any atom is 0.320 e. The van der Waals surface area contributed by atoms with Crippen LogP contribution in [-0.4, -0.2) is 50.3 Å². The first-order valence-corrected chi connectivity index (χ1v) is 13.0. The number of carbonyl (C=O) groups is 4. The molecular weight excluding hydrogens is 488 g/mol. The topological polar surface area (TPSA) is 105 Å². The molecule has 0 spiro atoms. The number of aryl methyl sites for hydroxylation is 2. The van der Waals surface area contributed by atoms with Gasteiger partial charge in [-0.25, -0.2) is 0 Å². The van der Waals surface area contributed by atoms with Crippen LogP contribution < -0.4 is 0 Å². The van der Waals surface area contributed by atoms with Gasteiger partial charge in [-0.1, -0.05) is 59.7 Å². The minimum absolute atomic E-state index is 0.0315. The summed E-state index contributed by atoms with van der Waals surface area (Å²) in [6, 6.07) is 14.5. The lowest BCUT2D eigenvalue weighted by Crippen LogP contribution is -2.42. The number of carbonyl (C=O) groups excluding carboxylic acids is 4. The van der Waals surface area contributed by atoms with Gasteiger partial charge in [0.1, 0.15) is 0 Å². The van der Waals surface area contributed by atoms with Gasteiger partial charge in [0.15, 0.2) is 11.8 Å². The van der Waals surface area contributed by atoms with Gasteiger partial charge < -0.3 is 18.9 Å². The van der Waals surface area contributed by atoms with Crippen molar-refractivity contribution in [3.8, 4) is 0 Å². The standard InChI is InChI=1S/C30H38O8/c1-7-35-27(31)25(28(32)36-8-2)23(21-15-11-19(5)12-16-21)24(22-17-13-20(6)14-18-22)26(29(33)37-9-3)30(34)38-10-4/h11-18,23-26H,7-10H2,1-6H3/t23-,24-/m1/s1. The molecule has 0 fully saturated rings. The van der Waals surface area contributed by atoms with Crippen molar-refractivity contribution in [1.82, 2.24) is 0 Å². The van der Waals surface area contributed by atoms with Crippen LogP contribution in [0.25, 0.3) is 0 Å². The summed E-state index contributed by atoms with van der Waals surface area (Å²) in [6.07, 6.45) is 0. The van der Waals surface area contributed by atoms with Crippen LogP contribution in [-0.2, 0) is 38.1 Å². The fourth-order valence-electron chi connectivity index (χ4n) is 4.50. The van der Waals surface area contributed by atoms with Gasteiger partial charge in [-0.3, -0.25) is 19.2 Å². The monoisotopic (exact) mass is 526 g/mol. The Kier molecular flexibility index (Phi) is 12.0. The van der Waals surface area contributed by atoms with Gasteiger partial charge >= 0.3 is 23.9 Å². The van der Waals surface area contributed by atoms with E-state index in [0.29, 0.717) is 11.1 Å². The highest BCUT2D eigenvalue weighted by Crippen LogP contribution is 2.45. The third-order valence-electron chi connectivity index (χ3n) is 6.19. The SMILES string of the molecule is CCOC(=O)C(C(=O)OCC)[C@H](c1ccc(C)cc1)[C@@H](c1ccc(C)cc1)C(C(=O)OCC)C(=O)OCC. The molecule has 0 amide bonds. The fraction of sp³-hybridized carbons (Fsp3) is 0.467. The maximum atomic E-state index is 13.4. The van der Waals surface area contributed by atoms with Gasteiger partial charge in [-0.2, -0.15) is 0 Å². The van der Waals surface area contributed by atoms with E-state index in [1.54, 1.807) is 52.0 Å². The van der Waals surface area contributed by atoms with Crippen molar-refractivity contribution < 1.29 is 38.1 Å². The molecule has 0 saturated heterocycles. The van der Waals surface area contributed by atoms with Crippen LogP contribution in [0.1, 0.15) is 61.8 Å². The molecular formula is C30H38O8. The van der Waals surface area contributed by atoms with Crippen molar-refractivity contribution in [3.63, 3.8) is 0 Å². The fourth-order valence-corrected chi connectivity index (χ4v) is 4.50. The number of benzene rings is 2. The van der Waals surface area contributed by atoms with Crippen LogP contribution in [0.5, 0.6) is 0 Å². The lowest BCUT2D eigenvalue weighted by atomic mass is 9.68. The van der Waals surface area contributed by atoms with Crippen LogP contribution in [0.15, 0.2) is 48.5 Å². The maximum absolute atomic E-state index is 13.4. The lowest BCUT2D eigenvalue weighted by Gasteiger charge is -2.35. The Hall–Kier alpha value is -3.68. The zero-order valence-electron chi connectivity index (χ0n) is 23.0. The number of hydrogen-bond donors (Lipinski definition) is 0. The van der Waals surface area contributed by atoms with E-state index < -0.39 is 47.5 Å². The van der Waals surface area contributed by atoms with Crippen molar-refractivity contribution in [2.24, 2.45) is 11.8 Å². The largest absolute Gasteiger partial charge is 0.465 e. The zero-order chi connectivity index (χ0) is 28.2. The third-order valence-corrected chi connectivity index (χ3v) is 6.19. The van der Waals surface area contributed by atoms with E-state index in [-0.39, 0.29) is 26.4 Å². The lowest BCUT2D eigenvalue weighted by molar-refractivity contribution is -0.169. The number of ether oxygens (including phenoxy) is 4. The molecule has 0 radical (unpaired) electrons. The van der Waals surface area contributed by atoms with Gasteiger partial charge in [-0.15, -0.1) is 0 Å². The molecule has 0 saturated carbocycles. The number of esters is 4. The van der Waals surface area contributed by atoms with Gasteiger partial charge in [0.05, 0.1) is 26.4 Å². The van der Waals surface area contributed by atoms with Crippen LogP contribution in [0.2, 0.25) is 0 Å². The summed E-state index contributed by atoms with van der Waals surface area (Å²) in [4.78, 5) is 53.6. The molecule has 8 nitrogen and oxygen atoms in total. The summed E-state index contributed by atoms with van der Waals surface area (Å²) in [5.41, 5.74) is 3.03. The van der Waals surface area contributed by atoms with E-state index in [4.69, 9.17) is 18.9 Å². The molecule has 2 atom stereocenters. The quantitative estimate of drug-likeness (QED) is 0.211. The van der Waals surface area contributed by atoms with Gasteiger partial charge in [-0.05, 0) is 52.7 Å². The number of rotatable bonds is 13. The molecule has 2 rings (SSSR count). The van der Waals surface area contributed by atoms with Gasteiger partial charge in [0.2, 0.25) is 0 Å². The normalized spacial score (nSPS) is 12.5. The summed E-state index contributed by atoms with van der Waals surface area (Å²) in [7, 11) is 0. The molecule has 206 valence electrons. The Morgan fingerprint density at radius 1 is 0.500 bits per heavy atom. The van der Waals surface area contributed by atoms with Gasteiger partial charge in [0, 0.05) is 11.8 Å². The van der Waals surface area contributed by atoms with Crippen LogP contribution in [0.3, 0.4) is 0 Å². The molecule has 8 heteroatoms. The average Bonchev–Trinajstić information content (AvgIpc) is 2.87. The predicted octanol–water partition coefficient (Wildman–Crippen LogP) is 4.66. The molecule has 0 aliphatic rings. The van der Waals surface area contributed by atoms with E-state index in [1.807, 2.05) is 38.1 Å². The number of hydrogen-bond acceptors (Lipinski definition) is 8. The molecule has 38 heavy (non-hydrogen) atoms.